The molecule has 1 aromatic carbocycles. The van der Waals surface area contributed by atoms with Gasteiger partial charge in [-0.2, -0.15) is 0 Å². The number of ether oxygens (including phenoxy) is 1. The Morgan fingerprint density at radius 1 is 1.55 bits per heavy atom. The SMILES string of the molecule is CC(Oc1cccc(Cl)c1)C(=O)NCCCCN=[N+]=[N-]. The van der Waals surface area contributed by atoms with E-state index in [-0.39, 0.29) is 5.91 Å². The fourth-order valence-electron chi connectivity index (χ4n) is 1.51. The molecular formula is C13H17ClN4O2. The Morgan fingerprint density at radius 3 is 3.05 bits per heavy atom. The van der Waals surface area contributed by atoms with Gasteiger partial charge in [0, 0.05) is 23.0 Å². The highest BCUT2D eigenvalue weighted by Gasteiger charge is 2.13. The van der Waals surface area contributed by atoms with E-state index in [1.165, 1.54) is 0 Å². The maximum absolute atomic E-state index is 11.8. The number of benzene rings is 1. The number of unbranched alkanes of at least 4 members (excludes halogenated alkanes) is 1. The van der Waals surface area contributed by atoms with Crippen LogP contribution < -0.4 is 10.1 Å². The van der Waals surface area contributed by atoms with Gasteiger partial charge in [0.1, 0.15) is 5.75 Å². The van der Waals surface area contributed by atoms with Crippen molar-refractivity contribution < 1.29 is 9.53 Å². The van der Waals surface area contributed by atoms with E-state index in [4.69, 9.17) is 21.9 Å². The van der Waals surface area contributed by atoms with E-state index in [0.717, 1.165) is 12.8 Å². The predicted molar refractivity (Wildman–Crippen MR) is 77.8 cm³/mol. The third-order valence-corrected chi connectivity index (χ3v) is 2.76. The molecule has 6 nitrogen and oxygen atoms in total. The molecule has 0 bridgehead atoms. The molecule has 0 aliphatic rings. The van der Waals surface area contributed by atoms with E-state index in [9.17, 15) is 4.79 Å². The molecular weight excluding hydrogens is 280 g/mol. The number of hydrogen-bond donors (Lipinski definition) is 1. The summed E-state index contributed by atoms with van der Waals surface area (Å²) in [6, 6.07) is 6.90. The minimum absolute atomic E-state index is 0.186. The number of nitrogens with zero attached hydrogens (tertiary/aromatic N) is 3. The summed E-state index contributed by atoms with van der Waals surface area (Å²) in [5.41, 5.74) is 8.11. The molecule has 1 unspecified atom stereocenters. The van der Waals surface area contributed by atoms with Gasteiger partial charge in [-0.1, -0.05) is 22.8 Å². The molecule has 0 saturated heterocycles. The highest BCUT2D eigenvalue weighted by Crippen LogP contribution is 2.18. The Kier molecular flexibility index (Phi) is 7.32. The maximum atomic E-state index is 11.8. The fourth-order valence-corrected chi connectivity index (χ4v) is 1.69. The molecule has 0 radical (unpaired) electrons. The van der Waals surface area contributed by atoms with Gasteiger partial charge in [0.15, 0.2) is 6.10 Å². The fraction of sp³-hybridized carbons (Fsp3) is 0.462. The van der Waals surface area contributed by atoms with E-state index < -0.39 is 6.10 Å². The first kappa shape index (κ1) is 16.1. The molecule has 1 amide bonds. The molecule has 0 aliphatic carbocycles. The summed E-state index contributed by atoms with van der Waals surface area (Å²) in [6.45, 7) is 2.65. The van der Waals surface area contributed by atoms with Gasteiger partial charge in [-0.05, 0) is 43.5 Å². The second-order valence-corrected chi connectivity index (χ2v) is 4.61. The van der Waals surface area contributed by atoms with Gasteiger partial charge in [-0.15, -0.1) is 0 Å². The summed E-state index contributed by atoms with van der Waals surface area (Å²) < 4.78 is 5.49. The Morgan fingerprint density at radius 2 is 2.35 bits per heavy atom. The molecule has 20 heavy (non-hydrogen) atoms. The van der Waals surface area contributed by atoms with Crippen LogP contribution in [-0.4, -0.2) is 25.1 Å². The Bertz CT molecular complexity index is 489. The molecule has 0 aromatic heterocycles. The summed E-state index contributed by atoms with van der Waals surface area (Å²) in [5.74, 6) is 0.372. The summed E-state index contributed by atoms with van der Waals surface area (Å²) >= 11 is 5.84. The van der Waals surface area contributed by atoms with Crippen molar-refractivity contribution in [2.45, 2.75) is 25.9 Å². The number of halogens is 1. The molecule has 1 aromatic rings. The van der Waals surface area contributed by atoms with Crippen molar-refractivity contribution in [2.75, 3.05) is 13.1 Å². The lowest BCUT2D eigenvalue weighted by Crippen LogP contribution is -2.36. The third-order valence-electron chi connectivity index (χ3n) is 2.53. The standard InChI is InChI=1S/C13H17ClN4O2/c1-10(20-12-6-4-5-11(14)9-12)13(19)16-7-2-3-8-17-18-15/h4-6,9-10H,2-3,7-8H2,1H3,(H,16,19). The van der Waals surface area contributed by atoms with Crippen LogP contribution in [0, 0.1) is 0 Å². The minimum atomic E-state index is -0.592. The molecule has 1 N–H and O–H groups in total. The number of carbonyl (C=O) groups excluding carboxylic acids is 1. The van der Waals surface area contributed by atoms with Crippen molar-refractivity contribution >= 4 is 17.5 Å². The first-order chi connectivity index (χ1) is 9.63. The minimum Gasteiger partial charge on any atom is -0.481 e. The van der Waals surface area contributed by atoms with E-state index in [2.05, 4.69) is 15.3 Å². The molecule has 0 heterocycles. The van der Waals surface area contributed by atoms with Crippen LogP contribution in [0.25, 0.3) is 10.4 Å². The molecule has 108 valence electrons. The zero-order chi connectivity index (χ0) is 14.8. The summed E-state index contributed by atoms with van der Waals surface area (Å²) in [7, 11) is 0. The lowest BCUT2D eigenvalue weighted by Gasteiger charge is -2.14. The average Bonchev–Trinajstić information content (AvgIpc) is 2.42. The first-order valence-electron chi connectivity index (χ1n) is 6.34. The number of hydrogen-bond acceptors (Lipinski definition) is 3. The molecule has 0 spiro atoms. The monoisotopic (exact) mass is 296 g/mol. The van der Waals surface area contributed by atoms with Gasteiger partial charge in [0.25, 0.3) is 5.91 Å². The van der Waals surface area contributed by atoms with Gasteiger partial charge in [0.2, 0.25) is 0 Å². The smallest absolute Gasteiger partial charge is 0.260 e. The number of carbonyl (C=O) groups is 1. The van der Waals surface area contributed by atoms with E-state index in [1.807, 2.05) is 0 Å². The number of amides is 1. The Balaban J connectivity index is 2.27. The van der Waals surface area contributed by atoms with Gasteiger partial charge in [0.05, 0.1) is 0 Å². The van der Waals surface area contributed by atoms with Crippen LogP contribution in [0.2, 0.25) is 5.02 Å². The highest BCUT2D eigenvalue weighted by molar-refractivity contribution is 6.30. The van der Waals surface area contributed by atoms with Crippen molar-refractivity contribution in [1.29, 1.82) is 0 Å². The van der Waals surface area contributed by atoms with E-state index in [0.29, 0.717) is 23.9 Å². The number of nitrogens with one attached hydrogen (secondary N) is 1. The van der Waals surface area contributed by atoms with Gasteiger partial charge in [-0.25, -0.2) is 0 Å². The van der Waals surface area contributed by atoms with Crippen molar-refractivity contribution in [1.82, 2.24) is 5.32 Å². The summed E-state index contributed by atoms with van der Waals surface area (Å²) in [4.78, 5) is 14.4. The predicted octanol–water partition coefficient (Wildman–Crippen LogP) is 3.31. The lowest BCUT2D eigenvalue weighted by molar-refractivity contribution is -0.127. The highest BCUT2D eigenvalue weighted by atomic mass is 35.5. The van der Waals surface area contributed by atoms with Crippen LogP contribution in [0.3, 0.4) is 0 Å². The zero-order valence-electron chi connectivity index (χ0n) is 11.3. The molecule has 0 aliphatic heterocycles. The summed E-state index contributed by atoms with van der Waals surface area (Å²) in [6.07, 6.45) is 0.910. The quantitative estimate of drug-likeness (QED) is 0.345. The van der Waals surface area contributed by atoms with Crippen molar-refractivity contribution in [3.05, 3.63) is 39.7 Å². The van der Waals surface area contributed by atoms with Crippen LogP contribution in [-0.2, 0) is 4.79 Å². The van der Waals surface area contributed by atoms with Crippen molar-refractivity contribution in [3.63, 3.8) is 0 Å². The third kappa shape index (κ3) is 6.31. The van der Waals surface area contributed by atoms with Crippen LogP contribution in [0.1, 0.15) is 19.8 Å². The average molecular weight is 297 g/mol. The van der Waals surface area contributed by atoms with Crippen molar-refractivity contribution in [3.8, 4) is 5.75 Å². The number of rotatable bonds is 8. The second kappa shape index (κ2) is 9.07. The number of azide groups is 1. The van der Waals surface area contributed by atoms with Gasteiger partial charge >= 0.3 is 0 Å². The molecule has 0 saturated carbocycles. The first-order valence-corrected chi connectivity index (χ1v) is 6.72. The zero-order valence-corrected chi connectivity index (χ0v) is 12.0. The van der Waals surface area contributed by atoms with Crippen LogP contribution in [0.15, 0.2) is 29.4 Å². The lowest BCUT2D eigenvalue weighted by atomic mass is 10.3. The molecule has 7 heteroatoms. The topological polar surface area (TPSA) is 87.1 Å². The Hall–Kier alpha value is -1.91. The molecule has 1 atom stereocenters. The van der Waals surface area contributed by atoms with Crippen LogP contribution in [0.5, 0.6) is 5.75 Å². The Labute approximate surface area is 122 Å². The van der Waals surface area contributed by atoms with Crippen molar-refractivity contribution in [2.24, 2.45) is 5.11 Å². The summed E-state index contributed by atoms with van der Waals surface area (Å²) in [5, 5.41) is 6.74. The van der Waals surface area contributed by atoms with Gasteiger partial charge < -0.3 is 10.1 Å². The van der Waals surface area contributed by atoms with Crippen LogP contribution >= 0.6 is 11.6 Å². The normalized spacial score (nSPS) is 11.3. The van der Waals surface area contributed by atoms with E-state index in [1.54, 1.807) is 31.2 Å². The molecule has 0 fully saturated rings. The van der Waals surface area contributed by atoms with Crippen LogP contribution in [0.4, 0.5) is 0 Å². The van der Waals surface area contributed by atoms with E-state index >= 15 is 0 Å². The maximum Gasteiger partial charge on any atom is 0.260 e. The second-order valence-electron chi connectivity index (χ2n) is 4.17. The largest absolute Gasteiger partial charge is 0.481 e. The van der Waals surface area contributed by atoms with Gasteiger partial charge in [-0.3, -0.25) is 4.79 Å². The molecule has 1 rings (SSSR count).